The molecule has 5 aromatic rings. The Morgan fingerprint density at radius 2 is 1.57 bits per heavy atom. The van der Waals surface area contributed by atoms with Crippen LogP contribution in [0.3, 0.4) is 0 Å². The highest BCUT2D eigenvalue weighted by molar-refractivity contribution is 9.10. The molecular weight excluding hydrogens is 564 g/mol. The number of ether oxygens (including phenoxy) is 2. The lowest BCUT2D eigenvalue weighted by atomic mass is 10.1. The minimum absolute atomic E-state index is 0.0440. The van der Waals surface area contributed by atoms with Gasteiger partial charge in [-0.05, 0) is 70.4 Å². The number of benzene rings is 5. The highest BCUT2D eigenvalue weighted by Gasteiger charge is 2.13. The van der Waals surface area contributed by atoms with E-state index in [1.165, 1.54) is 6.08 Å². The normalized spacial score (nSPS) is 11.1. The molecule has 1 N–H and O–H groups in total. The summed E-state index contributed by atoms with van der Waals surface area (Å²) in [4.78, 5) is 13.0. The Hall–Kier alpha value is -4.86. The number of nitrogens with one attached hydrogen (secondary N) is 1. The molecule has 5 rings (SSSR count). The zero-order valence-electron chi connectivity index (χ0n) is 21.5. The standard InChI is InChI=1S/C34H25BrN2O3/c35-29-13-18-33(40-23-26-11-6-10-25-9-4-5-12-32(25)26)27(20-29)19-28(21-36)34(38)37-30-14-16-31(17-15-30)39-22-24-7-2-1-3-8-24/h1-20H,22-23H2,(H,37,38)/b28-19+. The summed E-state index contributed by atoms with van der Waals surface area (Å²) in [6, 6.07) is 38.7. The molecule has 0 aliphatic heterocycles. The zero-order valence-corrected chi connectivity index (χ0v) is 23.1. The van der Waals surface area contributed by atoms with Crippen LogP contribution in [-0.2, 0) is 18.0 Å². The Balaban J connectivity index is 1.28. The molecule has 0 bridgehead atoms. The van der Waals surface area contributed by atoms with Crippen molar-refractivity contribution in [3.05, 3.63) is 142 Å². The van der Waals surface area contributed by atoms with Gasteiger partial charge in [-0.3, -0.25) is 4.79 Å². The Kier molecular flexibility index (Phi) is 8.55. The van der Waals surface area contributed by atoms with Crippen LogP contribution in [0.4, 0.5) is 5.69 Å². The molecule has 40 heavy (non-hydrogen) atoms. The molecule has 0 heterocycles. The van der Waals surface area contributed by atoms with Gasteiger partial charge in [0.05, 0.1) is 0 Å². The van der Waals surface area contributed by atoms with Crippen molar-refractivity contribution in [1.29, 1.82) is 5.26 Å². The minimum atomic E-state index is -0.513. The van der Waals surface area contributed by atoms with E-state index < -0.39 is 5.91 Å². The number of nitriles is 1. The van der Waals surface area contributed by atoms with Crippen LogP contribution in [0.1, 0.15) is 16.7 Å². The van der Waals surface area contributed by atoms with Crippen LogP contribution >= 0.6 is 15.9 Å². The van der Waals surface area contributed by atoms with Crippen LogP contribution < -0.4 is 14.8 Å². The summed E-state index contributed by atoms with van der Waals surface area (Å²) in [6.45, 7) is 0.794. The van der Waals surface area contributed by atoms with Crippen molar-refractivity contribution in [3.8, 4) is 17.6 Å². The zero-order chi connectivity index (χ0) is 27.7. The molecule has 5 aromatic carbocycles. The van der Waals surface area contributed by atoms with Gasteiger partial charge in [-0.2, -0.15) is 5.26 Å². The van der Waals surface area contributed by atoms with Gasteiger partial charge >= 0.3 is 0 Å². The summed E-state index contributed by atoms with van der Waals surface area (Å²) < 4.78 is 12.8. The van der Waals surface area contributed by atoms with E-state index in [1.54, 1.807) is 24.3 Å². The minimum Gasteiger partial charge on any atom is -0.489 e. The van der Waals surface area contributed by atoms with Crippen LogP contribution in [0, 0.1) is 11.3 Å². The highest BCUT2D eigenvalue weighted by atomic mass is 79.9. The summed E-state index contributed by atoms with van der Waals surface area (Å²) in [5.41, 5.74) is 3.24. The Bertz CT molecular complexity index is 1700. The van der Waals surface area contributed by atoms with Gasteiger partial charge in [0.25, 0.3) is 5.91 Å². The van der Waals surface area contributed by atoms with Gasteiger partial charge in [-0.25, -0.2) is 0 Å². The lowest BCUT2D eigenvalue weighted by molar-refractivity contribution is -0.112. The van der Waals surface area contributed by atoms with Crippen molar-refractivity contribution in [2.75, 3.05) is 5.32 Å². The van der Waals surface area contributed by atoms with E-state index in [0.29, 0.717) is 36.0 Å². The molecule has 6 heteroatoms. The smallest absolute Gasteiger partial charge is 0.266 e. The first-order chi connectivity index (χ1) is 19.6. The van der Waals surface area contributed by atoms with Crippen molar-refractivity contribution < 1.29 is 14.3 Å². The van der Waals surface area contributed by atoms with Crippen LogP contribution in [0.5, 0.6) is 11.5 Å². The molecule has 0 saturated carbocycles. The predicted octanol–water partition coefficient (Wildman–Crippen LogP) is 8.31. The second kappa shape index (κ2) is 12.8. The number of anilines is 1. The number of amides is 1. The average molecular weight is 589 g/mol. The largest absolute Gasteiger partial charge is 0.489 e. The number of carbonyl (C=O) groups is 1. The van der Waals surface area contributed by atoms with E-state index in [0.717, 1.165) is 26.4 Å². The Morgan fingerprint density at radius 1 is 0.825 bits per heavy atom. The van der Waals surface area contributed by atoms with E-state index in [9.17, 15) is 10.1 Å². The molecule has 0 aromatic heterocycles. The number of rotatable bonds is 9. The summed E-state index contributed by atoms with van der Waals surface area (Å²) >= 11 is 3.48. The molecule has 0 saturated heterocycles. The first kappa shape index (κ1) is 26.7. The van der Waals surface area contributed by atoms with Crippen LogP contribution in [-0.4, -0.2) is 5.91 Å². The quantitative estimate of drug-likeness (QED) is 0.139. The average Bonchev–Trinajstić information content (AvgIpc) is 2.99. The number of nitrogens with zero attached hydrogens (tertiary/aromatic N) is 1. The number of hydrogen-bond donors (Lipinski definition) is 1. The van der Waals surface area contributed by atoms with E-state index in [4.69, 9.17) is 9.47 Å². The first-order valence-electron chi connectivity index (χ1n) is 12.7. The highest BCUT2D eigenvalue weighted by Crippen LogP contribution is 2.28. The first-order valence-corrected chi connectivity index (χ1v) is 13.5. The molecule has 0 unspecified atom stereocenters. The van der Waals surface area contributed by atoms with Crippen molar-refractivity contribution in [3.63, 3.8) is 0 Å². The van der Waals surface area contributed by atoms with Gasteiger partial charge < -0.3 is 14.8 Å². The van der Waals surface area contributed by atoms with E-state index in [-0.39, 0.29) is 5.57 Å². The third kappa shape index (κ3) is 6.76. The van der Waals surface area contributed by atoms with Crippen LogP contribution in [0.25, 0.3) is 16.8 Å². The SMILES string of the molecule is N#C/C(=C\c1cc(Br)ccc1OCc1cccc2ccccc12)C(=O)Nc1ccc(OCc2ccccc2)cc1. The van der Waals surface area contributed by atoms with Gasteiger partial charge in [0.1, 0.15) is 36.4 Å². The number of carbonyl (C=O) groups excluding carboxylic acids is 1. The fourth-order valence-corrected chi connectivity index (χ4v) is 4.59. The van der Waals surface area contributed by atoms with Crippen molar-refractivity contribution in [1.82, 2.24) is 0 Å². The molecule has 5 nitrogen and oxygen atoms in total. The fourth-order valence-electron chi connectivity index (χ4n) is 4.22. The molecule has 0 spiro atoms. The topological polar surface area (TPSA) is 71.3 Å². The summed E-state index contributed by atoms with van der Waals surface area (Å²) in [6.07, 6.45) is 1.54. The van der Waals surface area contributed by atoms with Crippen molar-refractivity contribution in [2.24, 2.45) is 0 Å². The molecule has 0 radical (unpaired) electrons. The predicted molar refractivity (Wildman–Crippen MR) is 162 cm³/mol. The van der Waals surface area contributed by atoms with E-state index >= 15 is 0 Å². The Labute approximate surface area is 241 Å². The molecule has 0 fully saturated rings. The molecule has 1 amide bonds. The van der Waals surface area contributed by atoms with E-state index in [1.807, 2.05) is 78.9 Å². The second-order valence-electron chi connectivity index (χ2n) is 9.03. The monoisotopic (exact) mass is 588 g/mol. The second-order valence-corrected chi connectivity index (χ2v) is 9.95. The van der Waals surface area contributed by atoms with Gasteiger partial charge in [0.15, 0.2) is 0 Å². The maximum atomic E-state index is 13.0. The number of hydrogen-bond acceptors (Lipinski definition) is 4. The maximum Gasteiger partial charge on any atom is 0.266 e. The van der Waals surface area contributed by atoms with Gasteiger partial charge in [-0.15, -0.1) is 0 Å². The van der Waals surface area contributed by atoms with Crippen molar-refractivity contribution in [2.45, 2.75) is 13.2 Å². The van der Waals surface area contributed by atoms with Crippen LogP contribution in [0.2, 0.25) is 0 Å². The molecule has 0 atom stereocenters. The Morgan fingerprint density at radius 3 is 2.38 bits per heavy atom. The van der Waals surface area contributed by atoms with Crippen LogP contribution in [0.15, 0.2) is 125 Å². The lowest BCUT2D eigenvalue weighted by Gasteiger charge is -2.12. The van der Waals surface area contributed by atoms with Crippen molar-refractivity contribution >= 4 is 44.4 Å². The maximum absolute atomic E-state index is 13.0. The van der Waals surface area contributed by atoms with E-state index in [2.05, 4.69) is 39.4 Å². The number of halogens is 1. The molecule has 196 valence electrons. The lowest BCUT2D eigenvalue weighted by Crippen LogP contribution is -2.13. The fraction of sp³-hybridized carbons (Fsp3) is 0.0588. The third-order valence-corrected chi connectivity index (χ3v) is 6.75. The van der Waals surface area contributed by atoms with Gasteiger partial charge in [0, 0.05) is 15.7 Å². The van der Waals surface area contributed by atoms with Gasteiger partial charge in [-0.1, -0.05) is 88.7 Å². The molecule has 0 aliphatic carbocycles. The molecule has 0 aliphatic rings. The third-order valence-electron chi connectivity index (χ3n) is 6.26. The molecular formula is C34H25BrN2O3. The number of fused-ring (bicyclic) bond motifs is 1. The van der Waals surface area contributed by atoms with Gasteiger partial charge in [0.2, 0.25) is 0 Å². The summed E-state index contributed by atoms with van der Waals surface area (Å²) in [7, 11) is 0. The summed E-state index contributed by atoms with van der Waals surface area (Å²) in [5, 5.41) is 14.8. The summed E-state index contributed by atoms with van der Waals surface area (Å²) in [5.74, 6) is 0.733.